The van der Waals surface area contributed by atoms with Gasteiger partial charge in [0.1, 0.15) is 11.6 Å². The highest BCUT2D eigenvalue weighted by Gasteiger charge is 2.37. The number of fused-ring (bicyclic) bond motifs is 2. The van der Waals surface area contributed by atoms with Crippen LogP contribution in [-0.4, -0.2) is 75.0 Å². The number of piperazine rings is 2. The average Bonchev–Trinajstić information content (AvgIpc) is 2.97. The zero-order chi connectivity index (χ0) is 16.0. The van der Waals surface area contributed by atoms with Gasteiger partial charge in [-0.05, 0) is 12.5 Å². The fraction of sp³-hybridized carbons (Fsp3) is 0.467. The Hall–Kier alpha value is -2.48. The van der Waals surface area contributed by atoms with Gasteiger partial charge in [-0.3, -0.25) is 14.5 Å². The van der Waals surface area contributed by atoms with Gasteiger partial charge in [0.15, 0.2) is 5.65 Å². The van der Waals surface area contributed by atoms with Crippen molar-refractivity contribution >= 4 is 17.5 Å². The number of hydrogen-bond donors (Lipinski definition) is 1. The van der Waals surface area contributed by atoms with Crippen LogP contribution in [0.1, 0.15) is 15.9 Å². The van der Waals surface area contributed by atoms with Crippen molar-refractivity contribution in [3.8, 4) is 0 Å². The number of aromatic nitrogens is 3. The third-order valence-corrected chi connectivity index (χ3v) is 4.50. The second-order valence-electron chi connectivity index (χ2n) is 6.05. The average molecular weight is 314 g/mol. The van der Waals surface area contributed by atoms with E-state index in [1.807, 2.05) is 13.1 Å². The van der Waals surface area contributed by atoms with Crippen LogP contribution in [0.5, 0.6) is 0 Å². The monoisotopic (exact) mass is 314 g/mol. The zero-order valence-electron chi connectivity index (χ0n) is 12.9. The Kier molecular flexibility index (Phi) is 3.26. The summed E-state index contributed by atoms with van der Waals surface area (Å²) in [7, 11) is 0. The number of nitrogens with one attached hydrogen (secondary N) is 1. The minimum atomic E-state index is -0.251. The van der Waals surface area contributed by atoms with E-state index in [-0.39, 0.29) is 17.9 Å². The summed E-state index contributed by atoms with van der Waals surface area (Å²) < 4.78 is 1.62. The summed E-state index contributed by atoms with van der Waals surface area (Å²) in [6, 6.07) is -0.251. The van der Waals surface area contributed by atoms with Crippen molar-refractivity contribution in [3.63, 3.8) is 0 Å². The number of amides is 2. The molecule has 8 nitrogen and oxygen atoms in total. The largest absolute Gasteiger partial charge is 0.353 e. The summed E-state index contributed by atoms with van der Waals surface area (Å²) in [5.74, 6) is -0.114. The van der Waals surface area contributed by atoms with E-state index >= 15 is 0 Å². The summed E-state index contributed by atoms with van der Waals surface area (Å²) >= 11 is 0. The standard InChI is InChI=1S/C15H18N6O2/c1-10-6-17-13-11(7-18-21(13)8-10)15(23)20-5-4-19-3-2-16-14(22)12(19)9-20/h6-8,12H,2-5,9H2,1H3,(H,16,22)/t12-/m0/s1. The molecule has 0 bridgehead atoms. The molecule has 8 heteroatoms. The van der Waals surface area contributed by atoms with E-state index in [0.717, 1.165) is 18.7 Å². The fourth-order valence-corrected chi connectivity index (χ4v) is 3.25. The first-order valence-corrected chi connectivity index (χ1v) is 7.74. The van der Waals surface area contributed by atoms with Crippen molar-refractivity contribution in [1.29, 1.82) is 0 Å². The van der Waals surface area contributed by atoms with Gasteiger partial charge in [-0.2, -0.15) is 5.10 Å². The van der Waals surface area contributed by atoms with Crippen molar-refractivity contribution in [2.75, 3.05) is 32.7 Å². The van der Waals surface area contributed by atoms with Crippen LogP contribution in [-0.2, 0) is 4.79 Å². The Balaban J connectivity index is 1.60. The van der Waals surface area contributed by atoms with Crippen molar-refractivity contribution in [1.82, 2.24) is 29.7 Å². The molecule has 2 aliphatic rings. The lowest BCUT2D eigenvalue weighted by Gasteiger charge is -2.42. The normalized spacial score (nSPS) is 22.0. The predicted octanol–water partition coefficient (Wildman–Crippen LogP) is -0.706. The van der Waals surface area contributed by atoms with Crippen molar-refractivity contribution < 1.29 is 9.59 Å². The molecule has 0 spiro atoms. The molecule has 23 heavy (non-hydrogen) atoms. The SMILES string of the molecule is Cc1cnc2c(C(=O)N3CCN4CCNC(=O)[C@@H]4C3)cnn2c1. The fourth-order valence-electron chi connectivity index (χ4n) is 3.25. The molecule has 2 amide bonds. The lowest BCUT2D eigenvalue weighted by molar-refractivity contribution is -0.131. The van der Waals surface area contributed by atoms with Gasteiger partial charge in [0.05, 0.1) is 6.20 Å². The van der Waals surface area contributed by atoms with E-state index in [2.05, 4.69) is 20.3 Å². The Labute approximate surface area is 133 Å². The first-order chi connectivity index (χ1) is 11.1. The number of aryl methyl sites for hydroxylation is 1. The molecule has 2 aromatic heterocycles. The molecular weight excluding hydrogens is 296 g/mol. The second-order valence-corrected chi connectivity index (χ2v) is 6.05. The second kappa shape index (κ2) is 5.31. The predicted molar refractivity (Wildman–Crippen MR) is 82.0 cm³/mol. The van der Waals surface area contributed by atoms with Gasteiger partial charge in [0, 0.05) is 45.1 Å². The molecular formula is C15H18N6O2. The summed E-state index contributed by atoms with van der Waals surface area (Å²) in [5, 5.41) is 7.07. The van der Waals surface area contributed by atoms with Crippen LogP contribution in [0.3, 0.4) is 0 Å². The smallest absolute Gasteiger partial charge is 0.259 e. The summed E-state index contributed by atoms with van der Waals surface area (Å²) in [6.45, 7) is 5.20. The highest BCUT2D eigenvalue weighted by atomic mass is 16.2. The molecule has 1 atom stereocenters. The van der Waals surface area contributed by atoms with E-state index in [1.165, 1.54) is 0 Å². The number of hydrogen-bond acceptors (Lipinski definition) is 5. The Morgan fingerprint density at radius 2 is 2.17 bits per heavy atom. The van der Waals surface area contributed by atoms with Crippen LogP contribution in [0.2, 0.25) is 0 Å². The Morgan fingerprint density at radius 1 is 1.30 bits per heavy atom. The van der Waals surface area contributed by atoms with Gasteiger partial charge in [-0.15, -0.1) is 0 Å². The van der Waals surface area contributed by atoms with Gasteiger partial charge in [-0.25, -0.2) is 9.50 Å². The van der Waals surface area contributed by atoms with E-state index in [1.54, 1.807) is 21.8 Å². The lowest BCUT2D eigenvalue weighted by atomic mass is 10.1. The molecule has 0 aromatic carbocycles. The molecule has 0 unspecified atom stereocenters. The lowest BCUT2D eigenvalue weighted by Crippen LogP contribution is -2.64. The molecule has 2 fully saturated rings. The Bertz CT molecular complexity index is 785. The summed E-state index contributed by atoms with van der Waals surface area (Å²) in [5.41, 5.74) is 2.01. The molecule has 120 valence electrons. The highest BCUT2D eigenvalue weighted by molar-refractivity contribution is 6.00. The topological polar surface area (TPSA) is 82.8 Å². The molecule has 2 aliphatic heterocycles. The van der Waals surface area contributed by atoms with E-state index in [0.29, 0.717) is 30.8 Å². The molecule has 4 heterocycles. The van der Waals surface area contributed by atoms with Crippen LogP contribution >= 0.6 is 0 Å². The van der Waals surface area contributed by atoms with Crippen molar-refractivity contribution in [2.24, 2.45) is 0 Å². The number of carbonyl (C=O) groups excluding carboxylic acids is 2. The molecule has 0 radical (unpaired) electrons. The van der Waals surface area contributed by atoms with Crippen LogP contribution in [0, 0.1) is 6.92 Å². The first kappa shape index (κ1) is 14.1. The Morgan fingerprint density at radius 3 is 3.04 bits per heavy atom. The van der Waals surface area contributed by atoms with Gasteiger partial charge < -0.3 is 10.2 Å². The molecule has 2 saturated heterocycles. The minimum absolute atomic E-state index is 0.00219. The first-order valence-electron chi connectivity index (χ1n) is 7.74. The number of nitrogens with zero attached hydrogens (tertiary/aromatic N) is 5. The molecule has 0 aliphatic carbocycles. The number of rotatable bonds is 1. The maximum Gasteiger partial charge on any atom is 0.259 e. The molecule has 4 rings (SSSR count). The maximum atomic E-state index is 12.8. The maximum absolute atomic E-state index is 12.8. The van der Waals surface area contributed by atoms with Crippen LogP contribution in [0.25, 0.3) is 5.65 Å². The minimum Gasteiger partial charge on any atom is -0.353 e. The van der Waals surface area contributed by atoms with Gasteiger partial charge in [0.2, 0.25) is 5.91 Å². The van der Waals surface area contributed by atoms with Crippen LogP contribution < -0.4 is 5.32 Å². The third-order valence-electron chi connectivity index (χ3n) is 4.50. The summed E-state index contributed by atoms with van der Waals surface area (Å²) in [4.78, 5) is 33.0. The molecule has 0 saturated carbocycles. The molecule has 2 aromatic rings. The quantitative estimate of drug-likeness (QED) is 0.752. The van der Waals surface area contributed by atoms with E-state index in [4.69, 9.17) is 0 Å². The zero-order valence-corrected chi connectivity index (χ0v) is 12.9. The summed E-state index contributed by atoms with van der Waals surface area (Å²) in [6.07, 6.45) is 5.11. The van der Waals surface area contributed by atoms with Gasteiger partial charge >= 0.3 is 0 Å². The van der Waals surface area contributed by atoms with E-state index in [9.17, 15) is 9.59 Å². The third kappa shape index (κ3) is 2.35. The van der Waals surface area contributed by atoms with Crippen molar-refractivity contribution in [2.45, 2.75) is 13.0 Å². The van der Waals surface area contributed by atoms with Crippen LogP contribution in [0.4, 0.5) is 0 Å². The van der Waals surface area contributed by atoms with Crippen LogP contribution in [0.15, 0.2) is 18.6 Å². The number of carbonyl (C=O) groups is 2. The van der Waals surface area contributed by atoms with Crippen molar-refractivity contribution in [3.05, 3.63) is 29.7 Å². The molecule has 1 N–H and O–H groups in total. The van der Waals surface area contributed by atoms with Gasteiger partial charge in [-0.1, -0.05) is 0 Å². The highest BCUT2D eigenvalue weighted by Crippen LogP contribution is 2.17. The van der Waals surface area contributed by atoms with E-state index < -0.39 is 0 Å². The van der Waals surface area contributed by atoms with Gasteiger partial charge in [0.25, 0.3) is 5.91 Å².